The highest BCUT2D eigenvalue weighted by Gasteiger charge is 2.15. The summed E-state index contributed by atoms with van der Waals surface area (Å²) in [6, 6.07) is 21.1. The zero-order valence-corrected chi connectivity index (χ0v) is 16.0. The van der Waals surface area contributed by atoms with Crippen LogP contribution in [0.15, 0.2) is 71.8 Å². The standard InChI is InChI=1S/C22H21N3S/c1-15-12-13-25-20(14-15)24-21(17-8-10-18(26-3)11-9-17)22(25)23-19-7-5-4-6-16(19)2/h4-14,23H,1-3H3. The van der Waals surface area contributed by atoms with Crippen molar-refractivity contribution in [2.75, 3.05) is 11.6 Å². The van der Waals surface area contributed by atoms with Crippen molar-refractivity contribution in [1.82, 2.24) is 9.38 Å². The van der Waals surface area contributed by atoms with Gasteiger partial charge in [-0.15, -0.1) is 11.8 Å². The largest absolute Gasteiger partial charge is 0.339 e. The lowest BCUT2D eigenvalue weighted by atomic mass is 10.1. The summed E-state index contributed by atoms with van der Waals surface area (Å²) in [5.41, 5.74) is 6.53. The van der Waals surface area contributed by atoms with Crippen LogP contribution in [-0.4, -0.2) is 15.6 Å². The van der Waals surface area contributed by atoms with Gasteiger partial charge in [-0.3, -0.25) is 4.40 Å². The minimum absolute atomic E-state index is 0.949. The highest BCUT2D eigenvalue weighted by molar-refractivity contribution is 7.98. The van der Waals surface area contributed by atoms with E-state index in [1.54, 1.807) is 11.8 Å². The molecule has 1 N–H and O–H groups in total. The molecule has 0 aliphatic rings. The molecule has 0 aliphatic heterocycles. The molecule has 0 spiro atoms. The van der Waals surface area contributed by atoms with Gasteiger partial charge in [-0.05, 0) is 61.6 Å². The molecule has 0 fully saturated rings. The Labute approximate surface area is 158 Å². The van der Waals surface area contributed by atoms with Gasteiger partial charge < -0.3 is 5.32 Å². The van der Waals surface area contributed by atoms with Crippen LogP contribution in [0.4, 0.5) is 11.5 Å². The van der Waals surface area contributed by atoms with Crippen molar-refractivity contribution in [3.05, 3.63) is 78.0 Å². The SMILES string of the molecule is CSc1ccc(-c2nc3cc(C)ccn3c2Nc2ccccc2C)cc1. The van der Waals surface area contributed by atoms with Crippen LogP contribution in [0.2, 0.25) is 0 Å². The lowest BCUT2D eigenvalue weighted by Crippen LogP contribution is -1.98. The molecular formula is C22H21N3S. The third-order valence-electron chi connectivity index (χ3n) is 4.54. The molecule has 0 bridgehead atoms. The number of pyridine rings is 1. The topological polar surface area (TPSA) is 29.3 Å². The first-order valence-electron chi connectivity index (χ1n) is 8.61. The highest BCUT2D eigenvalue weighted by Crippen LogP contribution is 2.33. The number of benzene rings is 2. The van der Waals surface area contributed by atoms with E-state index < -0.39 is 0 Å². The van der Waals surface area contributed by atoms with Crippen molar-refractivity contribution >= 4 is 28.9 Å². The fraction of sp³-hybridized carbons (Fsp3) is 0.136. The number of aromatic nitrogens is 2. The van der Waals surface area contributed by atoms with Gasteiger partial charge in [-0.2, -0.15) is 0 Å². The number of fused-ring (bicyclic) bond motifs is 1. The number of hydrogen-bond donors (Lipinski definition) is 1. The molecule has 2 heterocycles. The monoisotopic (exact) mass is 359 g/mol. The first kappa shape index (κ1) is 16.7. The van der Waals surface area contributed by atoms with E-state index in [9.17, 15) is 0 Å². The predicted molar refractivity (Wildman–Crippen MR) is 112 cm³/mol. The number of para-hydroxylation sites is 1. The summed E-state index contributed by atoms with van der Waals surface area (Å²) in [5, 5.41) is 3.61. The summed E-state index contributed by atoms with van der Waals surface area (Å²) >= 11 is 1.75. The first-order chi connectivity index (χ1) is 12.7. The second-order valence-electron chi connectivity index (χ2n) is 6.41. The van der Waals surface area contributed by atoms with E-state index in [1.807, 2.05) is 0 Å². The average molecular weight is 359 g/mol. The van der Waals surface area contributed by atoms with Crippen molar-refractivity contribution in [3.63, 3.8) is 0 Å². The van der Waals surface area contributed by atoms with E-state index in [1.165, 1.54) is 16.0 Å². The van der Waals surface area contributed by atoms with E-state index in [-0.39, 0.29) is 0 Å². The molecular weight excluding hydrogens is 338 g/mol. The van der Waals surface area contributed by atoms with Crippen molar-refractivity contribution in [2.45, 2.75) is 18.7 Å². The Kier molecular flexibility index (Phi) is 4.43. The normalized spacial score (nSPS) is 11.0. The smallest absolute Gasteiger partial charge is 0.143 e. The molecule has 0 amide bonds. The minimum Gasteiger partial charge on any atom is -0.339 e. The molecule has 4 aromatic rings. The van der Waals surface area contributed by atoms with Crippen LogP contribution in [0, 0.1) is 13.8 Å². The molecule has 130 valence electrons. The highest BCUT2D eigenvalue weighted by atomic mass is 32.2. The van der Waals surface area contributed by atoms with Gasteiger partial charge in [0.15, 0.2) is 0 Å². The van der Waals surface area contributed by atoms with E-state index >= 15 is 0 Å². The van der Waals surface area contributed by atoms with Crippen molar-refractivity contribution in [3.8, 4) is 11.3 Å². The van der Waals surface area contributed by atoms with Crippen molar-refractivity contribution in [2.24, 2.45) is 0 Å². The van der Waals surface area contributed by atoms with Gasteiger partial charge in [-0.1, -0.05) is 30.3 Å². The molecule has 3 nitrogen and oxygen atoms in total. The van der Waals surface area contributed by atoms with Crippen LogP contribution in [0.5, 0.6) is 0 Å². The fourth-order valence-corrected chi connectivity index (χ4v) is 3.47. The van der Waals surface area contributed by atoms with Crippen molar-refractivity contribution in [1.29, 1.82) is 0 Å². The zero-order chi connectivity index (χ0) is 18.1. The van der Waals surface area contributed by atoms with E-state index in [2.05, 4.69) is 96.7 Å². The quantitative estimate of drug-likeness (QED) is 0.448. The molecule has 2 aromatic carbocycles. The van der Waals surface area contributed by atoms with Gasteiger partial charge in [0.2, 0.25) is 0 Å². The summed E-state index contributed by atoms with van der Waals surface area (Å²) in [5.74, 6) is 0.992. The second-order valence-corrected chi connectivity index (χ2v) is 7.29. The average Bonchev–Trinajstić information content (AvgIpc) is 3.01. The van der Waals surface area contributed by atoms with Crippen LogP contribution >= 0.6 is 11.8 Å². The molecule has 4 heteroatoms. The maximum absolute atomic E-state index is 4.92. The number of nitrogens with one attached hydrogen (secondary N) is 1. The van der Waals surface area contributed by atoms with Crippen LogP contribution in [0.3, 0.4) is 0 Å². The summed E-state index contributed by atoms with van der Waals surface area (Å²) in [4.78, 5) is 6.17. The number of rotatable bonds is 4. The Morgan fingerprint density at radius 2 is 1.73 bits per heavy atom. The number of hydrogen-bond acceptors (Lipinski definition) is 3. The molecule has 0 saturated heterocycles. The van der Waals surface area contributed by atoms with Gasteiger partial charge >= 0.3 is 0 Å². The molecule has 0 atom stereocenters. The summed E-state index contributed by atoms with van der Waals surface area (Å²) in [7, 11) is 0. The molecule has 0 unspecified atom stereocenters. The van der Waals surface area contributed by atoms with E-state index in [0.717, 1.165) is 28.4 Å². The van der Waals surface area contributed by atoms with E-state index in [0.29, 0.717) is 0 Å². The number of aryl methyl sites for hydroxylation is 2. The molecule has 0 saturated carbocycles. The first-order valence-corrected chi connectivity index (χ1v) is 9.84. The number of nitrogens with zero attached hydrogens (tertiary/aromatic N) is 2. The number of thioether (sulfide) groups is 1. The Balaban J connectivity index is 1.89. The number of imidazole rings is 1. The Morgan fingerprint density at radius 1 is 0.962 bits per heavy atom. The summed E-state index contributed by atoms with van der Waals surface area (Å²) in [6.45, 7) is 4.21. The molecule has 0 radical (unpaired) electrons. The number of anilines is 2. The lowest BCUT2D eigenvalue weighted by Gasteiger charge is -2.11. The summed E-state index contributed by atoms with van der Waals surface area (Å²) in [6.07, 6.45) is 4.17. The molecule has 0 aliphatic carbocycles. The molecule has 4 rings (SSSR count). The van der Waals surface area contributed by atoms with Gasteiger partial charge in [0.25, 0.3) is 0 Å². The Bertz CT molecular complexity index is 1060. The lowest BCUT2D eigenvalue weighted by molar-refractivity contribution is 1.17. The van der Waals surface area contributed by atoms with Crippen LogP contribution in [0.25, 0.3) is 16.9 Å². The van der Waals surface area contributed by atoms with Crippen LogP contribution in [0.1, 0.15) is 11.1 Å². The molecule has 2 aromatic heterocycles. The maximum Gasteiger partial charge on any atom is 0.143 e. The summed E-state index contributed by atoms with van der Waals surface area (Å²) < 4.78 is 2.12. The van der Waals surface area contributed by atoms with Gasteiger partial charge in [0.05, 0.1) is 0 Å². The zero-order valence-electron chi connectivity index (χ0n) is 15.2. The minimum atomic E-state index is 0.949. The van der Waals surface area contributed by atoms with Gasteiger partial charge in [0, 0.05) is 22.3 Å². The Morgan fingerprint density at radius 3 is 2.46 bits per heavy atom. The Hall–Kier alpha value is -2.72. The van der Waals surface area contributed by atoms with Crippen molar-refractivity contribution < 1.29 is 0 Å². The maximum atomic E-state index is 4.92. The predicted octanol–water partition coefficient (Wildman–Crippen LogP) is 6.08. The third kappa shape index (κ3) is 3.08. The van der Waals surface area contributed by atoms with Crippen LogP contribution < -0.4 is 5.32 Å². The van der Waals surface area contributed by atoms with E-state index in [4.69, 9.17) is 4.98 Å². The molecule has 26 heavy (non-hydrogen) atoms. The van der Waals surface area contributed by atoms with Gasteiger partial charge in [-0.25, -0.2) is 4.98 Å². The fourth-order valence-electron chi connectivity index (χ4n) is 3.06. The van der Waals surface area contributed by atoms with Gasteiger partial charge in [0.1, 0.15) is 17.2 Å². The second kappa shape index (κ2) is 6.89. The van der Waals surface area contributed by atoms with Crippen LogP contribution in [-0.2, 0) is 0 Å². The third-order valence-corrected chi connectivity index (χ3v) is 5.29.